The van der Waals surface area contributed by atoms with Crippen LogP contribution in [0.1, 0.15) is 11.1 Å². The number of alkyl halides is 3. The molecule has 1 aliphatic heterocycles. The molecule has 188 valence electrons. The number of nitriles is 1. The first-order valence-electron chi connectivity index (χ1n) is 10.7. The molecule has 0 saturated carbocycles. The maximum atomic E-state index is 13.7. The van der Waals surface area contributed by atoms with Crippen LogP contribution in [0.5, 0.6) is 0 Å². The number of halogens is 3. The summed E-state index contributed by atoms with van der Waals surface area (Å²) in [5.74, 6) is -0.792. The third-order valence-corrected chi connectivity index (χ3v) is 7.58. The first-order chi connectivity index (χ1) is 17.0. The van der Waals surface area contributed by atoms with E-state index < -0.39 is 39.2 Å². The van der Waals surface area contributed by atoms with Gasteiger partial charge in [-0.1, -0.05) is 6.07 Å². The molecule has 0 N–H and O–H groups in total. The number of nitrogens with zero attached hydrogens (tertiary/aromatic N) is 5. The SMILES string of the molecule is N#Cc1cn(CC(=O)[O-])cc1-c1cc(C(F)(F)F)cc(S(=O)(=O)N2CCN(c3ccccn3)CC2)c1.[Na+]. The number of carboxylic acids is 1. The van der Waals surface area contributed by atoms with E-state index in [1.165, 1.54) is 6.20 Å². The Morgan fingerprint density at radius 2 is 1.81 bits per heavy atom. The molecule has 0 bridgehead atoms. The van der Waals surface area contributed by atoms with Gasteiger partial charge in [0.25, 0.3) is 0 Å². The zero-order valence-corrected chi connectivity index (χ0v) is 22.5. The fourth-order valence-corrected chi connectivity index (χ4v) is 5.48. The monoisotopic (exact) mass is 541 g/mol. The van der Waals surface area contributed by atoms with Gasteiger partial charge in [-0.3, -0.25) is 0 Å². The topological polar surface area (TPSA) is 122 Å². The quantitative estimate of drug-likeness (QED) is 0.356. The summed E-state index contributed by atoms with van der Waals surface area (Å²) in [6.45, 7) is 0.0463. The van der Waals surface area contributed by atoms with Crippen molar-refractivity contribution in [3.8, 4) is 17.2 Å². The van der Waals surface area contributed by atoms with E-state index in [2.05, 4.69) is 4.98 Å². The van der Waals surface area contributed by atoms with Gasteiger partial charge in [0, 0.05) is 50.3 Å². The van der Waals surface area contributed by atoms with Crippen LogP contribution in [0.3, 0.4) is 0 Å². The summed E-state index contributed by atoms with van der Waals surface area (Å²) >= 11 is 0. The van der Waals surface area contributed by atoms with Gasteiger partial charge < -0.3 is 19.4 Å². The third kappa shape index (κ3) is 6.34. The Bertz CT molecular complexity index is 1430. The first-order valence-corrected chi connectivity index (χ1v) is 12.1. The second kappa shape index (κ2) is 11.2. The zero-order valence-electron chi connectivity index (χ0n) is 19.6. The Balaban J connectivity index is 0.00000380. The molecule has 37 heavy (non-hydrogen) atoms. The number of anilines is 1. The van der Waals surface area contributed by atoms with E-state index in [1.54, 1.807) is 30.5 Å². The first kappa shape index (κ1) is 28.7. The third-order valence-electron chi connectivity index (χ3n) is 5.71. The van der Waals surface area contributed by atoms with Gasteiger partial charge in [0.05, 0.1) is 28.5 Å². The van der Waals surface area contributed by atoms with E-state index in [9.17, 15) is 36.8 Å². The minimum absolute atomic E-state index is 0. The van der Waals surface area contributed by atoms with Crippen LogP contribution >= 0.6 is 0 Å². The number of aromatic nitrogens is 2. The van der Waals surface area contributed by atoms with Crippen LogP contribution in [0.25, 0.3) is 11.1 Å². The Morgan fingerprint density at radius 1 is 1.11 bits per heavy atom. The van der Waals surface area contributed by atoms with Crippen molar-refractivity contribution >= 4 is 21.8 Å². The second-order valence-electron chi connectivity index (χ2n) is 8.06. The number of pyridine rings is 1. The van der Waals surface area contributed by atoms with E-state index in [0.29, 0.717) is 25.0 Å². The number of aliphatic carboxylic acids is 1. The molecule has 1 fully saturated rings. The molecule has 0 aliphatic carbocycles. The van der Waals surface area contributed by atoms with E-state index in [4.69, 9.17) is 0 Å². The Morgan fingerprint density at radius 3 is 2.38 bits per heavy atom. The Kier molecular flexibility index (Phi) is 8.71. The minimum atomic E-state index is -4.86. The number of carbonyl (C=O) groups excluding carboxylic acids is 1. The average molecular weight is 541 g/mol. The van der Waals surface area contributed by atoms with Crippen LogP contribution < -0.4 is 39.6 Å². The second-order valence-corrected chi connectivity index (χ2v) is 10.0. The number of rotatable bonds is 6. The molecule has 0 amide bonds. The van der Waals surface area contributed by atoms with Crippen molar-refractivity contribution in [3.05, 3.63) is 66.1 Å². The van der Waals surface area contributed by atoms with Crippen molar-refractivity contribution in [2.75, 3.05) is 31.1 Å². The molecule has 0 radical (unpaired) electrons. The molecule has 1 aromatic carbocycles. The maximum absolute atomic E-state index is 13.7. The van der Waals surface area contributed by atoms with Crippen molar-refractivity contribution in [2.45, 2.75) is 17.6 Å². The summed E-state index contributed by atoms with van der Waals surface area (Å²) < 4.78 is 70.1. The van der Waals surface area contributed by atoms with Crippen molar-refractivity contribution in [2.24, 2.45) is 0 Å². The number of benzene rings is 1. The largest absolute Gasteiger partial charge is 1.00 e. The average Bonchev–Trinajstić information content (AvgIpc) is 3.26. The number of hydrogen-bond acceptors (Lipinski definition) is 7. The van der Waals surface area contributed by atoms with Crippen molar-refractivity contribution < 1.29 is 61.0 Å². The fourth-order valence-electron chi connectivity index (χ4n) is 3.98. The van der Waals surface area contributed by atoms with Crippen LogP contribution in [-0.2, 0) is 27.5 Å². The maximum Gasteiger partial charge on any atom is 1.00 e. The van der Waals surface area contributed by atoms with Gasteiger partial charge in [-0.15, -0.1) is 0 Å². The number of carbonyl (C=O) groups is 1. The van der Waals surface area contributed by atoms with Crippen LogP contribution in [0.4, 0.5) is 19.0 Å². The molecule has 0 unspecified atom stereocenters. The number of sulfonamides is 1. The summed E-state index contributed by atoms with van der Waals surface area (Å²) in [7, 11) is -4.32. The van der Waals surface area contributed by atoms with Crippen LogP contribution in [0.15, 0.2) is 59.9 Å². The van der Waals surface area contributed by atoms with E-state index in [1.807, 2.05) is 4.90 Å². The smallest absolute Gasteiger partial charge is 0.548 e. The summed E-state index contributed by atoms with van der Waals surface area (Å²) in [6, 6.07) is 9.49. The molecular formula is C23H19F3N5NaO4S. The summed E-state index contributed by atoms with van der Waals surface area (Å²) in [6.07, 6.45) is -0.932. The van der Waals surface area contributed by atoms with Gasteiger partial charge in [0.2, 0.25) is 10.0 Å². The predicted octanol–water partition coefficient (Wildman–Crippen LogP) is -1.29. The van der Waals surface area contributed by atoms with Crippen molar-refractivity contribution in [1.82, 2.24) is 13.9 Å². The predicted molar refractivity (Wildman–Crippen MR) is 120 cm³/mol. The molecule has 2 aromatic heterocycles. The molecule has 1 aliphatic rings. The van der Waals surface area contributed by atoms with E-state index in [0.717, 1.165) is 27.2 Å². The normalized spacial score (nSPS) is 14.6. The van der Waals surface area contributed by atoms with Gasteiger partial charge in [-0.25, -0.2) is 13.4 Å². The van der Waals surface area contributed by atoms with Crippen molar-refractivity contribution in [1.29, 1.82) is 5.26 Å². The van der Waals surface area contributed by atoms with Crippen LogP contribution in [0, 0.1) is 11.3 Å². The molecule has 3 heterocycles. The van der Waals surface area contributed by atoms with Gasteiger partial charge in [-0.2, -0.15) is 22.7 Å². The minimum Gasteiger partial charge on any atom is -0.548 e. The number of piperazine rings is 1. The molecule has 3 aromatic rings. The zero-order chi connectivity index (χ0) is 26.1. The number of carboxylic acid groups (broad SMARTS) is 1. The molecular weight excluding hydrogens is 522 g/mol. The summed E-state index contributed by atoms with van der Waals surface area (Å²) in [5.41, 5.74) is -1.52. The summed E-state index contributed by atoms with van der Waals surface area (Å²) in [5, 5.41) is 20.3. The molecule has 4 rings (SSSR count). The standard InChI is InChI=1S/C23H20F3N5O4S.Na/c24-23(25,26)18-9-16(20-14-29(15-22(32)33)13-17(20)12-27)10-19(11-18)36(34,35)31-7-5-30(6-8-31)21-3-1-2-4-28-21;/h1-4,9-11,13-14H,5-8,15H2,(H,32,33);/q;+1/p-1. The van der Waals surface area contributed by atoms with Gasteiger partial charge in [0.15, 0.2) is 0 Å². The van der Waals surface area contributed by atoms with Gasteiger partial charge in [0.1, 0.15) is 11.9 Å². The Hall–Kier alpha value is -2.89. The number of hydrogen-bond donors (Lipinski definition) is 0. The van der Waals surface area contributed by atoms with Gasteiger partial charge >= 0.3 is 35.7 Å². The van der Waals surface area contributed by atoms with Crippen molar-refractivity contribution in [3.63, 3.8) is 0 Å². The molecule has 0 atom stereocenters. The van der Waals surface area contributed by atoms with Crippen LogP contribution in [-0.4, -0.2) is 54.4 Å². The van der Waals surface area contributed by atoms with E-state index in [-0.39, 0.29) is 59.3 Å². The Labute approximate surface area is 233 Å². The molecule has 9 nitrogen and oxygen atoms in total. The summed E-state index contributed by atoms with van der Waals surface area (Å²) in [4.78, 5) is 16.5. The molecule has 0 spiro atoms. The molecule has 1 saturated heterocycles. The van der Waals surface area contributed by atoms with Gasteiger partial charge in [-0.05, 0) is 35.9 Å². The fraction of sp³-hybridized carbons (Fsp3) is 0.261. The molecule has 14 heteroatoms. The van der Waals surface area contributed by atoms with Crippen LogP contribution in [0.2, 0.25) is 0 Å². The van der Waals surface area contributed by atoms with E-state index >= 15 is 0 Å².